The van der Waals surface area contributed by atoms with Crippen molar-refractivity contribution in [2.45, 2.75) is 13.3 Å². The zero-order valence-corrected chi connectivity index (χ0v) is 17.3. The van der Waals surface area contributed by atoms with Crippen molar-refractivity contribution in [3.8, 4) is 22.4 Å². The van der Waals surface area contributed by atoms with Gasteiger partial charge in [-0.05, 0) is 42.6 Å². The molecule has 0 spiro atoms. The molecule has 0 saturated carbocycles. The van der Waals surface area contributed by atoms with Crippen LogP contribution in [0.25, 0.3) is 10.8 Å². The monoisotopic (exact) mass is 434 g/mol. The molecule has 8 nitrogen and oxygen atoms in total. The van der Waals surface area contributed by atoms with Crippen molar-refractivity contribution in [3.05, 3.63) is 77.1 Å². The molecule has 0 aliphatic heterocycles. The van der Waals surface area contributed by atoms with Gasteiger partial charge in [0.2, 0.25) is 23.6 Å². The Hall–Kier alpha value is -3.98. The predicted octanol–water partition coefficient (Wildman–Crippen LogP) is 4.18. The molecule has 0 atom stereocenters. The summed E-state index contributed by atoms with van der Waals surface area (Å²) in [5, 5.41) is 4.72. The third-order valence-corrected chi connectivity index (χ3v) is 5.17. The summed E-state index contributed by atoms with van der Waals surface area (Å²) in [6.07, 6.45) is 1.57. The van der Waals surface area contributed by atoms with Gasteiger partial charge in [-0.3, -0.25) is 9.59 Å². The maximum absolute atomic E-state index is 12.4. The minimum atomic E-state index is -0.540. The molecular weight excluding hydrogens is 416 g/mol. The van der Waals surface area contributed by atoms with Crippen molar-refractivity contribution < 1.29 is 18.7 Å². The summed E-state index contributed by atoms with van der Waals surface area (Å²) in [5.41, 5.74) is 6.71. The first-order chi connectivity index (χ1) is 15.0. The number of oxazole rings is 1. The van der Waals surface area contributed by atoms with E-state index in [1.807, 2.05) is 17.5 Å². The molecule has 3 N–H and O–H groups in total. The predicted molar refractivity (Wildman–Crippen MR) is 116 cm³/mol. The molecule has 2 amide bonds. The lowest BCUT2D eigenvalue weighted by Crippen LogP contribution is -2.15. The highest BCUT2D eigenvalue weighted by atomic mass is 32.1. The van der Waals surface area contributed by atoms with E-state index < -0.39 is 5.91 Å². The number of carbonyl (C=O) groups excluding carboxylic acids is 2. The smallest absolute Gasteiger partial charge is 0.248 e. The lowest BCUT2D eigenvalue weighted by atomic mass is 10.2. The number of thiophene rings is 1. The number of aromatic nitrogens is 2. The molecule has 0 fully saturated rings. The van der Waals surface area contributed by atoms with Gasteiger partial charge in [0.25, 0.3) is 0 Å². The number of nitrogens with zero attached hydrogens (tertiary/aromatic N) is 2. The van der Waals surface area contributed by atoms with E-state index in [9.17, 15) is 9.59 Å². The molecular formula is C22H18N4O4S. The van der Waals surface area contributed by atoms with Crippen LogP contribution in [0.2, 0.25) is 0 Å². The number of nitrogens with two attached hydrogens (primary N) is 1. The highest BCUT2D eigenvalue weighted by molar-refractivity contribution is 7.13. The molecule has 31 heavy (non-hydrogen) atoms. The largest absolute Gasteiger partial charge is 0.440 e. The van der Waals surface area contributed by atoms with Gasteiger partial charge in [0.1, 0.15) is 11.5 Å². The topological polar surface area (TPSA) is 120 Å². The average molecular weight is 434 g/mol. The molecule has 0 radical (unpaired) electrons. The number of pyridine rings is 1. The van der Waals surface area contributed by atoms with E-state index in [-0.39, 0.29) is 12.3 Å². The SMILES string of the molecule is Cc1oc(-c2cccs2)nc1CC(=O)Nc1ccc(Oc2cccc(C(N)=O)c2)nc1. The maximum Gasteiger partial charge on any atom is 0.248 e. The van der Waals surface area contributed by atoms with E-state index in [2.05, 4.69) is 15.3 Å². The second-order valence-electron chi connectivity index (χ2n) is 6.60. The van der Waals surface area contributed by atoms with Crippen LogP contribution in [-0.2, 0) is 11.2 Å². The normalized spacial score (nSPS) is 10.6. The number of amides is 2. The van der Waals surface area contributed by atoms with Crippen LogP contribution in [0, 0.1) is 6.92 Å². The first-order valence-corrected chi connectivity index (χ1v) is 10.2. The number of nitrogens with one attached hydrogen (secondary N) is 1. The van der Waals surface area contributed by atoms with Gasteiger partial charge in [-0.15, -0.1) is 11.3 Å². The van der Waals surface area contributed by atoms with Gasteiger partial charge in [-0.2, -0.15) is 0 Å². The molecule has 4 aromatic rings. The second kappa shape index (κ2) is 8.80. The minimum absolute atomic E-state index is 0.0822. The average Bonchev–Trinajstić information content (AvgIpc) is 3.40. The summed E-state index contributed by atoms with van der Waals surface area (Å²) in [6.45, 7) is 1.79. The summed E-state index contributed by atoms with van der Waals surface area (Å²) >= 11 is 1.52. The van der Waals surface area contributed by atoms with Crippen molar-refractivity contribution in [1.29, 1.82) is 0 Å². The fraction of sp³-hybridized carbons (Fsp3) is 0.0909. The van der Waals surface area contributed by atoms with Gasteiger partial charge >= 0.3 is 0 Å². The number of rotatable bonds is 7. The first-order valence-electron chi connectivity index (χ1n) is 9.32. The van der Waals surface area contributed by atoms with E-state index in [0.717, 1.165) is 4.88 Å². The number of aryl methyl sites for hydroxylation is 1. The van der Waals surface area contributed by atoms with E-state index in [1.54, 1.807) is 37.3 Å². The summed E-state index contributed by atoms with van der Waals surface area (Å²) in [6, 6.07) is 13.6. The molecule has 0 bridgehead atoms. The molecule has 9 heteroatoms. The van der Waals surface area contributed by atoms with Crippen LogP contribution < -0.4 is 15.8 Å². The lowest BCUT2D eigenvalue weighted by molar-refractivity contribution is -0.115. The molecule has 1 aromatic carbocycles. The molecule has 0 aliphatic rings. The van der Waals surface area contributed by atoms with Gasteiger partial charge in [-0.1, -0.05) is 12.1 Å². The summed E-state index contributed by atoms with van der Waals surface area (Å²) in [4.78, 5) is 33.2. The van der Waals surface area contributed by atoms with Crippen LogP contribution in [0.5, 0.6) is 11.6 Å². The molecule has 3 aromatic heterocycles. The zero-order valence-electron chi connectivity index (χ0n) is 16.5. The van der Waals surface area contributed by atoms with Crippen LogP contribution in [0.15, 0.2) is 64.5 Å². The Balaban J connectivity index is 1.37. The number of carbonyl (C=O) groups is 2. The number of anilines is 1. The maximum atomic E-state index is 12.4. The Kier molecular flexibility index (Phi) is 5.76. The minimum Gasteiger partial charge on any atom is -0.440 e. The fourth-order valence-corrected chi connectivity index (χ4v) is 3.45. The Morgan fingerprint density at radius 2 is 2.06 bits per heavy atom. The van der Waals surface area contributed by atoms with Crippen LogP contribution >= 0.6 is 11.3 Å². The van der Waals surface area contributed by atoms with Gasteiger partial charge < -0.3 is 20.2 Å². The zero-order chi connectivity index (χ0) is 21.8. The van der Waals surface area contributed by atoms with Crippen LogP contribution in [0.1, 0.15) is 21.8 Å². The van der Waals surface area contributed by atoms with E-state index in [4.69, 9.17) is 14.9 Å². The third-order valence-electron chi connectivity index (χ3n) is 4.31. The van der Waals surface area contributed by atoms with Gasteiger partial charge in [0, 0.05) is 11.6 Å². The quantitative estimate of drug-likeness (QED) is 0.450. The number of ether oxygens (including phenoxy) is 1. The summed E-state index contributed by atoms with van der Waals surface area (Å²) < 4.78 is 11.3. The summed E-state index contributed by atoms with van der Waals surface area (Å²) in [7, 11) is 0. The Morgan fingerprint density at radius 1 is 1.19 bits per heavy atom. The molecule has 0 aliphatic carbocycles. The Bertz CT molecular complexity index is 1220. The van der Waals surface area contributed by atoms with E-state index in [0.29, 0.717) is 40.2 Å². The molecule has 4 rings (SSSR count). The van der Waals surface area contributed by atoms with Crippen molar-refractivity contribution >= 4 is 28.8 Å². The standard InChI is InChI=1S/C22H18N4O4S/c1-13-17(26-22(29-13)18-6-3-9-31-18)11-19(27)25-15-7-8-20(24-12-15)30-16-5-2-4-14(10-16)21(23)28/h2-10,12H,11H2,1H3,(H2,23,28)(H,25,27). The number of primary amides is 1. The van der Waals surface area contributed by atoms with Crippen LogP contribution in [0.3, 0.4) is 0 Å². The number of benzene rings is 1. The fourth-order valence-electron chi connectivity index (χ4n) is 2.80. The van der Waals surface area contributed by atoms with Gasteiger partial charge in [0.15, 0.2) is 0 Å². The third kappa shape index (κ3) is 4.96. The lowest BCUT2D eigenvalue weighted by Gasteiger charge is -2.07. The van der Waals surface area contributed by atoms with Crippen LogP contribution in [-0.4, -0.2) is 21.8 Å². The van der Waals surface area contributed by atoms with E-state index >= 15 is 0 Å². The highest BCUT2D eigenvalue weighted by Crippen LogP contribution is 2.26. The van der Waals surface area contributed by atoms with Crippen LogP contribution in [0.4, 0.5) is 5.69 Å². The number of hydrogen-bond acceptors (Lipinski definition) is 7. The molecule has 156 valence electrons. The summed E-state index contributed by atoms with van der Waals surface area (Å²) in [5.74, 6) is 1.09. The van der Waals surface area contributed by atoms with Gasteiger partial charge in [0.05, 0.1) is 28.9 Å². The second-order valence-corrected chi connectivity index (χ2v) is 7.55. The van der Waals surface area contributed by atoms with Gasteiger partial charge in [-0.25, -0.2) is 9.97 Å². The Labute approximate surface area is 181 Å². The molecule has 0 saturated heterocycles. The highest BCUT2D eigenvalue weighted by Gasteiger charge is 2.15. The molecule has 0 unspecified atom stereocenters. The van der Waals surface area contributed by atoms with Crippen molar-refractivity contribution in [3.63, 3.8) is 0 Å². The van der Waals surface area contributed by atoms with Crippen molar-refractivity contribution in [2.24, 2.45) is 5.73 Å². The van der Waals surface area contributed by atoms with Crippen molar-refractivity contribution in [2.75, 3.05) is 5.32 Å². The Morgan fingerprint density at radius 3 is 2.77 bits per heavy atom. The number of hydrogen-bond donors (Lipinski definition) is 2. The van der Waals surface area contributed by atoms with Crippen molar-refractivity contribution in [1.82, 2.24) is 9.97 Å². The first kappa shape index (κ1) is 20.3. The molecule has 3 heterocycles. The van der Waals surface area contributed by atoms with E-state index in [1.165, 1.54) is 23.6 Å².